The summed E-state index contributed by atoms with van der Waals surface area (Å²) >= 11 is 3.63. The number of nitrogens with zero attached hydrogens (tertiary/aromatic N) is 1. The van der Waals surface area contributed by atoms with Crippen molar-refractivity contribution in [1.29, 1.82) is 0 Å². The number of hydrogen-bond acceptors (Lipinski definition) is 2. The van der Waals surface area contributed by atoms with Crippen molar-refractivity contribution in [3.8, 4) is 0 Å². The molecule has 1 heterocycles. The first kappa shape index (κ1) is 15.0. The molecule has 1 atom stereocenters. The average molecular weight is 325 g/mol. The molecule has 1 fully saturated rings. The van der Waals surface area contributed by atoms with Crippen LogP contribution in [0.25, 0.3) is 0 Å². The van der Waals surface area contributed by atoms with E-state index in [2.05, 4.69) is 71.3 Å². The fourth-order valence-corrected chi connectivity index (χ4v) is 3.29. The Labute approximate surface area is 125 Å². The zero-order chi connectivity index (χ0) is 13.9. The van der Waals surface area contributed by atoms with Crippen molar-refractivity contribution in [1.82, 2.24) is 10.2 Å². The fraction of sp³-hybridized carbons (Fsp3) is 0.625. The van der Waals surface area contributed by atoms with Gasteiger partial charge in [-0.3, -0.25) is 0 Å². The summed E-state index contributed by atoms with van der Waals surface area (Å²) in [5.41, 5.74) is 1.76. The maximum atomic E-state index is 3.69. The molecule has 19 heavy (non-hydrogen) atoms. The number of rotatable bonds is 4. The van der Waals surface area contributed by atoms with Crippen molar-refractivity contribution >= 4 is 15.9 Å². The molecule has 3 heteroatoms. The number of likely N-dealkylation sites (N-methyl/N-ethyl adjacent to an activating group) is 1. The third-order valence-electron chi connectivity index (χ3n) is 4.22. The molecule has 2 rings (SSSR count). The van der Waals surface area contributed by atoms with Gasteiger partial charge in [-0.2, -0.15) is 0 Å². The molecular weight excluding hydrogens is 300 g/mol. The van der Waals surface area contributed by atoms with E-state index in [1.165, 1.54) is 22.9 Å². The van der Waals surface area contributed by atoms with Gasteiger partial charge in [0.25, 0.3) is 0 Å². The molecule has 0 bridgehead atoms. The minimum Gasteiger partial charge on any atom is -0.312 e. The largest absolute Gasteiger partial charge is 0.312 e. The van der Waals surface area contributed by atoms with Crippen LogP contribution in [0.3, 0.4) is 0 Å². The van der Waals surface area contributed by atoms with Crippen LogP contribution < -0.4 is 5.32 Å². The van der Waals surface area contributed by atoms with Crippen LogP contribution in [0, 0.1) is 5.41 Å². The zero-order valence-corrected chi connectivity index (χ0v) is 13.8. The van der Waals surface area contributed by atoms with E-state index < -0.39 is 0 Å². The number of piperidine rings is 1. The molecule has 106 valence electrons. The van der Waals surface area contributed by atoms with Crippen molar-refractivity contribution in [2.45, 2.75) is 39.3 Å². The third-order valence-corrected chi connectivity index (χ3v) is 5.00. The molecule has 0 aromatic heterocycles. The van der Waals surface area contributed by atoms with E-state index in [1.807, 2.05) is 0 Å². The van der Waals surface area contributed by atoms with Gasteiger partial charge in [-0.15, -0.1) is 0 Å². The second-order valence-electron chi connectivity index (χ2n) is 6.39. The van der Waals surface area contributed by atoms with Crippen LogP contribution in [0.2, 0.25) is 0 Å². The summed E-state index contributed by atoms with van der Waals surface area (Å²) in [5, 5.41) is 3.69. The van der Waals surface area contributed by atoms with Gasteiger partial charge in [0.15, 0.2) is 0 Å². The van der Waals surface area contributed by atoms with E-state index in [0.717, 1.165) is 19.6 Å². The van der Waals surface area contributed by atoms with E-state index >= 15 is 0 Å². The Balaban J connectivity index is 1.94. The lowest BCUT2D eigenvalue weighted by Gasteiger charge is -2.41. The molecule has 2 nitrogen and oxygen atoms in total. The quantitative estimate of drug-likeness (QED) is 0.909. The molecule has 1 aliphatic rings. The van der Waals surface area contributed by atoms with Gasteiger partial charge in [0.2, 0.25) is 0 Å². The third kappa shape index (κ3) is 4.04. The zero-order valence-electron chi connectivity index (χ0n) is 12.2. The summed E-state index contributed by atoms with van der Waals surface area (Å²) in [7, 11) is 2.21. The SMILES string of the molecule is CN(Cc1ccccc1Br)CC1NCCCC1(C)C. The molecule has 1 aliphatic heterocycles. The van der Waals surface area contributed by atoms with E-state index in [1.54, 1.807) is 0 Å². The van der Waals surface area contributed by atoms with E-state index in [9.17, 15) is 0 Å². The normalized spacial score (nSPS) is 22.7. The minimum atomic E-state index is 0.403. The maximum Gasteiger partial charge on any atom is 0.0246 e. The fourth-order valence-electron chi connectivity index (χ4n) is 2.88. The van der Waals surface area contributed by atoms with Crippen LogP contribution >= 0.6 is 15.9 Å². The number of benzene rings is 1. The second kappa shape index (κ2) is 6.38. The van der Waals surface area contributed by atoms with Crippen molar-refractivity contribution in [2.24, 2.45) is 5.41 Å². The Bertz CT molecular complexity index is 417. The van der Waals surface area contributed by atoms with Gasteiger partial charge >= 0.3 is 0 Å². The van der Waals surface area contributed by atoms with Gasteiger partial charge in [-0.05, 0) is 43.5 Å². The van der Waals surface area contributed by atoms with Gasteiger partial charge in [-0.1, -0.05) is 48.0 Å². The summed E-state index contributed by atoms with van der Waals surface area (Å²) in [6, 6.07) is 9.08. The summed E-state index contributed by atoms with van der Waals surface area (Å²) < 4.78 is 1.21. The van der Waals surface area contributed by atoms with E-state index in [4.69, 9.17) is 0 Å². The standard InChI is InChI=1S/C16H25BrN2/c1-16(2)9-6-10-18-15(16)12-19(3)11-13-7-4-5-8-14(13)17/h4-5,7-8,15,18H,6,9-12H2,1-3H3. The highest BCUT2D eigenvalue weighted by Crippen LogP contribution is 2.30. The molecule has 1 aromatic rings. The van der Waals surface area contributed by atoms with Crippen LogP contribution in [0.15, 0.2) is 28.7 Å². The first-order valence-corrected chi connectivity index (χ1v) is 7.94. The van der Waals surface area contributed by atoms with Crippen LogP contribution in [0.4, 0.5) is 0 Å². The van der Waals surface area contributed by atoms with Crippen LogP contribution in [0.5, 0.6) is 0 Å². The molecular formula is C16H25BrN2. The monoisotopic (exact) mass is 324 g/mol. The predicted octanol–water partition coefficient (Wildman–Crippen LogP) is 3.66. The van der Waals surface area contributed by atoms with Crippen LogP contribution in [0.1, 0.15) is 32.3 Å². The van der Waals surface area contributed by atoms with Crippen molar-refractivity contribution in [2.75, 3.05) is 20.1 Å². The topological polar surface area (TPSA) is 15.3 Å². The number of halogens is 1. The molecule has 1 aromatic carbocycles. The molecule has 0 saturated carbocycles. The first-order valence-electron chi connectivity index (χ1n) is 7.14. The second-order valence-corrected chi connectivity index (χ2v) is 7.24. The van der Waals surface area contributed by atoms with Gasteiger partial charge in [0.1, 0.15) is 0 Å². The Kier molecular flexibility index (Phi) is 5.04. The lowest BCUT2D eigenvalue weighted by molar-refractivity contribution is 0.136. The molecule has 0 spiro atoms. The van der Waals surface area contributed by atoms with Gasteiger partial charge in [-0.25, -0.2) is 0 Å². The Morgan fingerprint density at radius 1 is 1.37 bits per heavy atom. The lowest BCUT2D eigenvalue weighted by atomic mass is 9.77. The number of hydrogen-bond donors (Lipinski definition) is 1. The van der Waals surface area contributed by atoms with Crippen LogP contribution in [-0.4, -0.2) is 31.1 Å². The molecule has 0 amide bonds. The molecule has 1 N–H and O–H groups in total. The predicted molar refractivity (Wildman–Crippen MR) is 85.3 cm³/mol. The van der Waals surface area contributed by atoms with Crippen molar-refractivity contribution < 1.29 is 0 Å². The number of nitrogens with one attached hydrogen (secondary N) is 1. The van der Waals surface area contributed by atoms with Crippen molar-refractivity contribution in [3.05, 3.63) is 34.3 Å². The smallest absolute Gasteiger partial charge is 0.0246 e. The maximum absolute atomic E-state index is 3.69. The molecule has 0 aliphatic carbocycles. The van der Waals surface area contributed by atoms with Crippen LogP contribution in [-0.2, 0) is 6.54 Å². The molecule has 1 saturated heterocycles. The highest BCUT2D eigenvalue weighted by molar-refractivity contribution is 9.10. The minimum absolute atomic E-state index is 0.403. The summed E-state index contributed by atoms with van der Waals surface area (Å²) in [6.45, 7) is 8.03. The highest BCUT2D eigenvalue weighted by Gasteiger charge is 2.32. The highest BCUT2D eigenvalue weighted by atomic mass is 79.9. The van der Waals surface area contributed by atoms with E-state index in [0.29, 0.717) is 11.5 Å². The van der Waals surface area contributed by atoms with E-state index in [-0.39, 0.29) is 0 Å². The summed E-state index contributed by atoms with van der Waals surface area (Å²) in [6.07, 6.45) is 2.63. The Hall–Kier alpha value is -0.380. The van der Waals surface area contributed by atoms with Gasteiger partial charge in [0, 0.05) is 23.6 Å². The summed E-state index contributed by atoms with van der Waals surface area (Å²) in [5.74, 6) is 0. The van der Waals surface area contributed by atoms with Gasteiger partial charge < -0.3 is 10.2 Å². The Morgan fingerprint density at radius 3 is 2.79 bits per heavy atom. The Morgan fingerprint density at radius 2 is 2.11 bits per heavy atom. The lowest BCUT2D eigenvalue weighted by Crippen LogP contribution is -2.52. The van der Waals surface area contributed by atoms with Crippen molar-refractivity contribution in [3.63, 3.8) is 0 Å². The first-order chi connectivity index (χ1) is 8.99. The molecule has 0 radical (unpaired) electrons. The average Bonchev–Trinajstić information content (AvgIpc) is 2.35. The summed E-state index contributed by atoms with van der Waals surface area (Å²) in [4.78, 5) is 2.42. The molecule has 1 unspecified atom stereocenters. The van der Waals surface area contributed by atoms with Gasteiger partial charge in [0.05, 0.1) is 0 Å².